The van der Waals surface area contributed by atoms with Gasteiger partial charge in [0.2, 0.25) is 0 Å². The molecular formula is C18H36N2O. The Labute approximate surface area is 131 Å². The zero-order valence-electron chi connectivity index (χ0n) is 15.2. The summed E-state index contributed by atoms with van der Waals surface area (Å²) >= 11 is 0. The van der Waals surface area contributed by atoms with Gasteiger partial charge in [-0.15, -0.1) is 0 Å². The van der Waals surface area contributed by atoms with Gasteiger partial charge in [0.15, 0.2) is 0 Å². The minimum absolute atomic E-state index is 0.0588. The Balaban J connectivity index is 2.15. The number of rotatable bonds is 4. The van der Waals surface area contributed by atoms with Crippen molar-refractivity contribution in [2.45, 2.75) is 84.6 Å². The molecular weight excluding hydrogens is 260 g/mol. The highest BCUT2D eigenvalue weighted by molar-refractivity contribution is 5.06. The van der Waals surface area contributed by atoms with Crippen LogP contribution in [0.15, 0.2) is 0 Å². The third-order valence-corrected chi connectivity index (χ3v) is 5.93. The van der Waals surface area contributed by atoms with Crippen LogP contribution in [-0.2, 0) is 4.74 Å². The number of hydrogen-bond donors (Lipinski definition) is 1. The number of nitrogens with zero attached hydrogens (tertiary/aromatic N) is 1. The van der Waals surface area contributed by atoms with Crippen molar-refractivity contribution in [3.8, 4) is 0 Å². The summed E-state index contributed by atoms with van der Waals surface area (Å²) in [5.41, 5.74) is -0.147. The number of likely N-dealkylation sites (N-methyl/N-ethyl adjacent to an activating group) is 1. The average Bonchev–Trinajstić information content (AvgIpc) is 2.53. The topological polar surface area (TPSA) is 24.5 Å². The van der Waals surface area contributed by atoms with Crippen molar-refractivity contribution in [2.75, 3.05) is 19.6 Å². The van der Waals surface area contributed by atoms with Crippen LogP contribution in [0, 0.1) is 11.8 Å². The van der Waals surface area contributed by atoms with E-state index < -0.39 is 0 Å². The van der Waals surface area contributed by atoms with Crippen LogP contribution in [0.5, 0.6) is 0 Å². The van der Waals surface area contributed by atoms with Gasteiger partial charge in [-0.05, 0) is 66.5 Å². The van der Waals surface area contributed by atoms with Gasteiger partial charge in [-0.3, -0.25) is 4.90 Å². The zero-order valence-corrected chi connectivity index (χ0v) is 15.2. The second kappa shape index (κ2) is 6.17. The highest BCUT2D eigenvalue weighted by Crippen LogP contribution is 2.43. The second-order valence-corrected chi connectivity index (χ2v) is 8.31. The third kappa shape index (κ3) is 3.46. The number of likely N-dealkylation sites (tertiary alicyclic amines) is 1. The Morgan fingerprint density at radius 3 is 2.43 bits per heavy atom. The molecule has 0 aromatic carbocycles. The van der Waals surface area contributed by atoms with Crippen molar-refractivity contribution in [3.63, 3.8) is 0 Å². The molecule has 2 fully saturated rings. The summed E-state index contributed by atoms with van der Waals surface area (Å²) in [5.74, 6) is 1.36. The van der Waals surface area contributed by atoms with E-state index in [-0.39, 0.29) is 11.2 Å². The van der Waals surface area contributed by atoms with Gasteiger partial charge in [-0.25, -0.2) is 0 Å². The second-order valence-electron chi connectivity index (χ2n) is 8.31. The van der Waals surface area contributed by atoms with Gasteiger partial charge < -0.3 is 10.1 Å². The molecule has 3 nitrogen and oxygen atoms in total. The van der Waals surface area contributed by atoms with E-state index in [1.54, 1.807) is 0 Å². The molecule has 3 heteroatoms. The maximum Gasteiger partial charge on any atom is 0.0790 e. The van der Waals surface area contributed by atoms with Gasteiger partial charge in [-0.2, -0.15) is 0 Å². The highest BCUT2D eigenvalue weighted by Gasteiger charge is 2.54. The van der Waals surface area contributed by atoms with Crippen molar-refractivity contribution in [2.24, 2.45) is 11.8 Å². The minimum Gasteiger partial charge on any atom is -0.368 e. The predicted molar refractivity (Wildman–Crippen MR) is 89.6 cm³/mol. The van der Waals surface area contributed by atoms with Crippen molar-refractivity contribution in [1.82, 2.24) is 10.2 Å². The Hall–Kier alpha value is -0.120. The van der Waals surface area contributed by atoms with Crippen LogP contribution in [0.1, 0.15) is 61.3 Å². The fourth-order valence-electron chi connectivity index (χ4n) is 4.57. The molecule has 2 aliphatic heterocycles. The minimum atomic E-state index is -0.0885. The smallest absolute Gasteiger partial charge is 0.0790 e. The summed E-state index contributed by atoms with van der Waals surface area (Å²) in [6.45, 7) is 19.4. The Kier molecular flexibility index (Phi) is 5.07. The van der Waals surface area contributed by atoms with Crippen molar-refractivity contribution in [3.05, 3.63) is 0 Å². The molecule has 0 amide bonds. The van der Waals surface area contributed by atoms with Crippen LogP contribution in [0.2, 0.25) is 0 Å². The van der Waals surface area contributed by atoms with Gasteiger partial charge >= 0.3 is 0 Å². The largest absolute Gasteiger partial charge is 0.368 e. The lowest BCUT2D eigenvalue weighted by atomic mass is 9.80. The molecule has 0 spiro atoms. The van der Waals surface area contributed by atoms with Crippen molar-refractivity contribution in [1.29, 1.82) is 0 Å². The van der Waals surface area contributed by atoms with Crippen LogP contribution in [0.3, 0.4) is 0 Å². The Bertz CT molecular complexity index is 353. The summed E-state index contributed by atoms with van der Waals surface area (Å²) in [4.78, 5) is 2.70. The first kappa shape index (κ1) is 17.2. The predicted octanol–water partition coefficient (Wildman–Crippen LogP) is 3.29. The lowest BCUT2D eigenvalue weighted by Gasteiger charge is -2.42. The van der Waals surface area contributed by atoms with E-state index in [9.17, 15) is 0 Å². The number of hydrogen-bond acceptors (Lipinski definition) is 3. The van der Waals surface area contributed by atoms with Crippen LogP contribution < -0.4 is 5.32 Å². The van der Waals surface area contributed by atoms with Crippen LogP contribution >= 0.6 is 0 Å². The molecule has 0 aromatic heterocycles. The monoisotopic (exact) mass is 296 g/mol. The Morgan fingerprint density at radius 2 is 1.81 bits per heavy atom. The maximum atomic E-state index is 6.43. The maximum absolute atomic E-state index is 6.43. The average molecular weight is 296 g/mol. The van der Waals surface area contributed by atoms with Crippen LogP contribution in [0.4, 0.5) is 0 Å². The number of ether oxygens (including phenoxy) is 1. The van der Waals surface area contributed by atoms with Crippen molar-refractivity contribution < 1.29 is 4.74 Å². The van der Waals surface area contributed by atoms with E-state index in [1.807, 2.05) is 0 Å². The lowest BCUT2D eigenvalue weighted by Crippen LogP contribution is -2.53. The first-order chi connectivity index (χ1) is 9.69. The van der Waals surface area contributed by atoms with Gasteiger partial charge in [0.25, 0.3) is 0 Å². The fourth-order valence-corrected chi connectivity index (χ4v) is 4.57. The SMILES string of the molecule is CCNC1C(CN2CCCC(C)C2C)C(C)(C)OC1(C)C. The molecule has 124 valence electrons. The lowest BCUT2D eigenvalue weighted by molar-refractivity contribution is -0.0811. The third-order valence-electron chi connectivity index (χ3n) is 5.93. The summed E-state index contributed by atoms with van der Waals surface area (Å²) < 4.78 is 6.43. The van der Waals surface area contributed by atoms with Crippen molar-refractivity contribution >= 4 is 0 Å². The van der Waals surface area contributed by atoms with Gasteiger partial charge in [-0.1, -0.05) is 13.8 Å². The fraction of sp³-hybridized carbons (Fsp3) is 1.00. The molecule has 0 bridgehead atoms. The molecule has 0 aromatic rings. The van der Waals surface area contributed by atoms with Gasteiger partial charge in [0.1, 0.15) is 0 Å². The normalized spacial score (nSPS) is 39.6. The molecule has 1 N–H and O–H groups in total. The first-order valence-corrected chi connectivity index (χ1v) is 8.86. The molecule has 4 unspecified atom stereocenters. The Morgan fingerprint density at radius 1 is 1.14 bits per heavy atom. The molecule has 2 aliphatic rings. The molecule has 2 rings (SSSR count). The molecule has 2 heterocycles. The quantitative estimate of drug-likeness (QED) is 0.861. The summed E-state index contributed by atoms with van der Waals surface area (Å²) in [5, 5.41) is 3.70. The van der Waals surface area contributed by atoms with Gasteiger partial charge in [0, 0.05) is 24.5 Å². The van der Waals surface area contributed by atoms with E-state index in [4.69, 9.17) is 4.74 Å². The number of nitrogens with one attached hydrogen (secondary N) is 1. The van der Waals surface area contributed by atoms with Gasteiger partial charge in [0.05, 0.1) is 11.2 Å². The molecule has 0 saturated carbocycles. The van der Waals surface area contributed by atoms with Crippen LogP contribution in [0.25, 0.3) is 0 Å². The highest BCUT2D eigenvalue weighted by atomic mass is 16.5. The first-order valence-electron chi connectivity index (χ1n) is 8.86. The summed E-state index contributed by atoms with van der Waals surface area (Å²) in [6, 6.07) is 1.13. The van der Waals surface area contributed by atoms with E-state index in [0.29, 0.717) is 18.0 Å². The van der Waals surface area contributed by atoms with E-state index in [0.717, 1.165) is 19.0 Å². The molecule has 0 radical (unpaired) electrons. The molecule has 21 heavy (non-hydrogen) atoms. The van der Waals surface area contributed by atoms with Crippen LogP contribution in [-0.4, -0.2) is 47.8 Å². The van der Waals surface area contributed by atoms with E-state index in [1.165, 1.54) is 19.4 Å². The molecule has 0 aliphatic carbocycles. The molecule has 4 atom stereocenters. The van der Waals surface area contributed by atoms with E-state index >= 15 is 0 Å². The number of piperidine rings is 1. The summed E-state index contributed by atoms with van der Waals surface area (Å²) in [6.07, 6.45) is 2.72. The standard InChI is InChI=1S/C18H36N2O/c1-8-19-16-15(17(4,5)21-18(16,6)7)12-20-11-9-10-13(2)14(20)3/h13-16,19H,8-12H2,1-7H3. The zero-order chi connectivity index (χ0) is 15.8. The van der Waals surface area contributed by atoms with E-state index in [2.05, 4.69) is 58.7 Å². The summed E-state index contributed by atoms with van der Waals surface area (Å²) in [7, 11) is 0. The molecule has 2 saturated heterocycles.